The number of carbonyl (C=O) groups is 2. The van der Waals surface area contributed by atoms with E-state index in [1.807, 2.05) is 0 Å². The van der Waals surface area contributed by atoms with Crippen LogP contribution in [-0.4, -0.2) is 36.2 Å². The van der Waals surface area contributed by atoms with Gasteiger partial charge in [-0.3, -0.25) is 9.59 Å². The number of anilines is 1. The van der Waals surface area contributed by atoms with Crippen LogP contribution < -0.4 is 4.90 Å². The molecule has 9 heteroatoms. The smallest absolute Gasteiger partial charge is 0.269 e. The van der Waals surface area contributed by atoms with Crippen molar-refractivity contribution in [3.8, 4) is 5.75 Å². The summed E-state index contributed by atoms with van der Waals surface area (Å²) in [5, 5.41) is 10.6. The van der Waals surface area contributed by atoms with Crippen LogP contribution in [0.15, 0.2) is 77.7 Å². The van der Waals surface area contributed by atoms with Crippen molar-refractivity contribution in [2.24, 2.45) is 0 Å². The second-order valence-electron chi connectivity index (χ2n) is 7.21. The highest BCUT2D eigenvalue weighted by atomic mass is 35.5. The summed E-state index contributed by atoms with van der Waals surface area (Å²) in [6.07, 6.45) is -0.227. The van der Waals surface area contributed by atoms with Crippen LogP contribution in [0.1, 0.15) is 22.3 Å². The summed E-state index contributed by atoms with van der Waals surface area (Å²) in [6, 6.07) is 19.2. The van der Waals surface area contributed by atoms with Gasteiger partial charge < -0.3 is 10.0 Å². The van der Waals surface area contributed by atoms with Gasteiger partial charge in [-0.25, -0.2) is 12.7 Å². The molecule has 1 N–H and O–H groups in total. The van der Waals surface area contributed by atoms with Gasteiger partial charge >= 0.3 is 0 Å². The lowest BCUT2D eigenvalue weighted by Gasteiger charge is -2.25. The molecular formula is C23H19ClN2O5S. The lowest BCUT2D eigenvalue weighted by atomic mass is 10.1. The number of phenols is 1. The average molecular weight is 471 g/mol. The molecule has 0 aromatic heterocycles. The molecule has 0 saturated heterocycles. The fraction of sp³-hybridized carbons (Fsp3) is 0.130. The van der Waals surface area contributed by atoms with Crippen molar-refractivity contribution in [3.05, 3.63) is 88.9 Å². The van der Waals surface area contributed by atoms with E-state index in [1.54, 1.807) is 54.6 Å². The summed E-state index contributed by atoms with van der Waals surface area (Å²) in [4.78, 5) is 27.2. The van der Waals surface area contributed by atoms with E-state index in [0.717, 1.165) is 4.31 Å². The summed E-state index contributed by atoms with van der Waals surface area (Å²) in [5.74, 6) is -1.02. The predicted molar refractivity (Wildman–Crippen MR) is 120 cm³/mol. The number of phenolic OH excluding ortho intramolecular Hbond substituents is 1. The third kappa shape index (κ3) is 4.06. The molecule has 0 bridgehead atoms. The Morgan fingerprint density at radius 1 is 0.969 bits per heavy atom. The third-order valence-electron chi connectivity index (χ3n) is 5.20. The largest absolute Gasteiger partial charge is 0.508 e. The molecule has 1 aliphatic heterocycles. The van der Waals surface area contributed by atoms with Crippen LogP contribution >= 0.6 is 11.6 Å². The summed E-state index contributed by atoms with van der Waals surface area (Å²) < 4.78 is 26.2. The molecule has 0 radical (unpaired) electrons. The number of benzene rings is 3. The molecule has 1 heterocycles. The fourth-order valence-corrected chi connectivity index (χ4v) is 5.24. The van der Waals surface area contributed by atoms with Crippen LogP contribution in [0.4, 0.5) is 5.69 Å². The summed E-state index contributed by atoms with van der Waals surface area (Å²) in [5.41, 5.74) is 1.15. The van der Waals surface area contributed by atoms with Gasteiger partial charge in [0.05, 0.1) is 12.1 Å². The van der Waals surface area contributed by atoms with E-state index in [1.165, 1.54) is 23.1 Å². The van der Waals surface area contributed by atoms with Crippen LogP contribution in [0, 0.1) is 0 Å². The van der Waals surface area contributed by atoms with Crippen molar-refractivity contribution in [1.82, 2.24) is 4.31 Å². The predicted octanol–water partition coefficient (Wildman–Crippen LogP) is 3.81. The average Bonchev–Trinajstić information content (AvgIpc) is 2.98. The first-order valence-corrected chi connectivity index (χ1v) is 11.6. The first kappa shape index (κ1) is 21.9. The second-order valence-corrected chi connectivity index (χ2v) is 9.48. The van der Waals surface area contributed by atoms with E-state index >= 15 is 0 Å². The van der Waals surface area contributed by atoms with Crippen LogP contribution in [0.3, 0.4) is 0 Å². The minimum absolute atomic E-state index is 0.0343. The molecule has 4 rings (SSSR count). The van der Waals surface area contributed by atoms with Crippen LogP contribution in [-0.2, 0) is 21.4 Å². The van der Waals surface area contributed by atoms with Gasteiger partial charge in [-0.15, -0.1) is 0 Å². The van der Waals surface area contributed by atoms with Gasteiger partial charge in [-0.2, -0.15) is 0 Å². The van der Waals surface area contributed by atoms with Gasteiger partial charge in [0.25, 0.3) is 15.9 Å². The van der Waals surface area contributed by atoms with Gasteiger partial charge in [-0.1, -0.05) is 41.9 Å². The summed E-state index contributed by atoms with van der Waals surface area (Å²) in [7, 11) is -4.00. The maximum Gasteiger partial charge on any atom is 0.269 e. The van der Waals surface area contributed by atoms with E-state index in [-0.39, 0.29) is 35.7 Å². The molecule has 3 aromatic carbocycles. The number of para-hydroxylation sites is 1. The van der Waals surface area contributed by atoms with Crippen LogP contribution in [0.5, 0.6) is 5.75 Å². The molecule has 32 heavy (non-hydrogen) atoms. The molecule has 164 valence electrons. The Morgan fingerprint density at radius 3 is 2.31 bits per heavy atom. The first-order chi connectivity index (χ1) is 15.3. The number of halogens is 1. The lowest BCUT2D eigenvalue weighted by Crippen LogP contribution is -2.36. The fourth-order valence-electron chi connectivity index (χ4n) is 3.54. The lowest BCUT2D eigenvalue weighted by molar-refractivity contribution is -0.118. The molecule has 3 aromatic rings. The van der Waals surface area contributed by atoms with Crippen molar-refractivity contribution in [3.63, 3.8) is 0 Å². The third-order valence-corrected chi connectivity index (χ3v) is 7.29. The Balaban J connectivity index is 1.57. The molecule has 0 aliphatic carbocycles. The van der Waals surface area contributed by atoms with E-state index in [0.29, 0.717) is 16.3 Å². The number of amides is 2. The number of hydrogen-bond acceptors (Lipinski definition) is 5. The van der Waals surface area contributed by atoms with E-state index < -0.39 is 21.8 Å². The standard InChI is InChI=1S/C23H19ClN2O5S/c24-17-9-11-18(12-10-17)25(15-16-5-1-3-7-20(16)27)22(28)13-14-26-23(29)19-6-2-4-8-21(19)32(26,30)31/h1-12,27H,13-15H2. The molecule has 0 saturated carbocycles. The quantitative estimate of drug-likeness (QED) is 0.591. The Kier molecular flexibility index (Phi) is 5.90. The topological polar surface area (TPSA) is 95.0 Å². The number of aromatic hydroxyl groups is 1. The van der Waals surface area contributed by atoms with Gasteiger partial charge in [0.15, 0.2) is 0 Å². The molecular weight excluding hydrogens is 452 g/mol. The van der Waals surface area contributed by atoms with Crippen LogP contribution in [0.2, 0.25) is 5.02 Å². The van der Waals surface area contributed by atoms with Gasteiger partial charge in [0.2, 0.25) is 5.91 Å². The Hall–Kier alpha value is -3.36. The van der Waals surface area contributed by atoms with E-state index in [4.69, 9.17) is 11.6 Å². The number of carbonyl (C=O) groups excluding carboxylic acids is 2. The van der Waals surface area contributed by atoms with Gasteiger partial charge in [-0.05, 0) is 42.5 Å². The molecule has 0 fully saturated rings. The molecule has 0 unspecified atom stereocenters. The van der Waals surface area contributed by atoms with Crippen molar-refractivity contribution >= 4 is 39.1 Å². The Labute approximate surface area is 190 Å². The normalized spacial score (nSPS) is 14.3. The molecule has 7 nitrogen and oxygen atoms in total. The van der Waals surface area contributed by atoms with Gasteiger partial charge in [0.1, 0.15) is 10.6 Å². The Bertz CT molecular complexity index is 1290. The maximum absolute atomic E-state index is 13.2. The number of rotatable bonds is 6. The highest BCUT2D eigenvalue weighted by molar-refractivity contribution is 7.90. The molecule has 0 atom stereocenters. The van der Waals surface area contributed by atoms with Crippen molar-refractivity contribution in [1.29, 1.82) is 0 Å². The maximum atomic E-state index is 13.2. The van der Waals surface area contributed by atoms with Gasteiger partial charge in [0, 0.05) is 29.2 Å². The minimum Gasteiger partial charge on any atom is -0.508 e. The SMILES string of the molecule is O=C(CCN1C(=O)c2ccccc2S1(=O)=O)N(Cc1ccccc1O)c1ccc(Cl)cc1. The van der Waals surface area contributed by atoms with Crippen molar-refractivity contribution in [2.75, 3.05) is 11.4 Å². The highest BCUT2D eigenvalue weighted by Crippen LogP contribution is 2.30. The zero-order valence-corrected chi connectivity index (χ0v) is 18.4. The zero-order valence-electron chi connectivity index (χ0n) is 16.8. The monoisotopic (exact) mass is 470 g/mol. The molecule has 0 spiro atoms. The number of hydrogen-bond donors (Lipinski definition) is 1. The van der Waals surface area contributed by atoms with Crippen molar-refractivity contribution < 1.29 is 23.1 Å². The van der Waals surface area contributed by atoms with Crippen LogP contribution in [0.25, 0.3) is 0 Å². The molecule has 2 amide bonds. The highest BCUT2D eigenvalue weighted by Gasteiger charge is 2.40. The summed E-state index contributed by atoms with van der Waals surface area (Å²) in [6.45, 7) is -0.229. The molecule has 1 aliphatic rings. The first-order valence-electron chi connectivity index (χ1n) is 9.78. The number of fused-ring (bicyclic) bond motifs is 1. The van der Waals surface area contributed by atoms with E-state index in [9.17, 15) is 23.1 Å². The van der Waals surface area contributed by atoms with Crippen molar-refractivity contribution in [2.45, 2.75) is 17.9 Å². The zero-order chi connectivity index (χ0) is 22.9. The van der Waals surface area contributed by atoms with E-state index in [2.05, 4.69) is 0 Å². The second kappa shape index (κ2) is 8.64. The Morgan fingerprint density at radius 2 is 1.62 bits per heavy atom. The minimum atomic E-state index is -4.00. The number of nitrogens with zero attached hydrogens (tertiary/aromatic N) is 2. The number of sulfonamides is 1. The summed E-state index contributed by atoms with van der Waals surface area (Å²) >= 11 is 5.97.